The molecule has 5 nitrogen and oxygen atoms in total. The molecule has 0 unspecified atom stereocenters. The number of likely N-dealkylation sites (N-methyl/N-ethyl adjacent to an activating group) is 1. The number of nitrogens with zero attached hydrogens (tertiary/aromatic N) is 3. The molecule has 1 amide bonds. The van der Waals surface area contributed by atoms with Gasteiger partial charge in [-0.2, -0.15) is 0 Å². The number of rotatable bonds is 8. The van der Waals surface area contributed by atoms with Gasteiger partial charge in [0.2, 0.25) is 0 Å². The third kappa shape index (κ3) is 4.94. The van der Waals surface area contributed by atoms with Crippen LogP contribution in [0.25, 0.3) is 5.69 Å². The lowest BCUT2D eigenvalue weighted by Crippen LogP contribution is -2.38. The van der Waals surface area contributed by atoms with Crippen LogP contribution in [-0.2, 0) is 4.74 Å². The molecule has 0 N–H and O–H groups in total. The molecule has 0 aliphatic heterocycles. The number of aromatic nitrogens is 1. The van der Waals surface area contributed by atoms with E-state index in [-0.39, 0.29) is 5.91 Å². The molecule has 0 saturated heterocycles. The predicted molar refractivity (Wildman–Crippen MR) is 102 cm³/mol. The second-order valence-corrected chi connectivity index (χ2v) is 6.59. The zero-order valence-corrected chi connectivity index (χ0v) is 16.0. The van der Waals surface area contributed by atoms with Crippen LogP contribution in [-0.4, -0.2) is 67.7 Å². The molecule has 0 bridgehead atoms. The monoisotopic (exact) mass is 343 g/mol. The lowest BCUT2D eigenvalue weighted by atomic mass is 10.1. The summed E-state index contributed by atoms with van der Waals surface area (Å²) >= 11 is 0. The third-order valence-electron chi connectivity index (χ3n) is 4.31. The standard InChI is InChI=1S/C20H29N3O2/c1-16-6-7-17(2)23(16)19-10-8-18(9-11-19)20(24)22(14-15-25-5)13-12-21(3)4/h6-11H,12-15H2,1-5H3. The van der Waals surface area contributed by atoms with Gasteiger partial charge in [0, 0.05) is 49.4 Å². The van der Waals surface area contributed by atoms with E-state index < -0.39 is 0 Å². The van der Waals surface area contributed by atoms with Gasteiger partial charge in [-0.3, -0.25) is 4.79 Å². The first-order chi connectivity index (χ1) is 11.9. The second kappa shape index (κ2) is 8.83. The predicted octanol–water partition coefficient (Wildman–Crippen LogP) is 2.74. The Morgan fingerprint density at radius 2 is 1.56 bits per heavy atom. The number of aryl methyl sites for hydroxylation is 2. The summed E-state index contributed by atoms with van der Waals surface area (Å²) in [7, 11) is 5.68. The summed E-state index contributed by atoms with van der Waals surface area (Å²) in [4.78, 5) is 16.8. The summed E-state index contributed by atoms with van der Waals surface area (Å²) in [6.07, 6.45) is 0. The minimum Gasteiger partial charge on any atom is -0.383 e. The van der Waals surface area contributed by atoms with Crippen molar-refractivity contribution in [1.29, 1.82) is 0 Å². The maximum absolute atomic E-state index is 12.8. The Kier molecular flexibility index (Phi) is 6.79. The van der Waals surface area contributed by atoms with Gasteiger partial charge in [-0.05, 0) is 64.3 Å². The maximum Gasteiger partial charge on any atom is 0.253 e. The SMILES string of the molecule is COCCN(CCN(C)C)C(=O)c1ccc(-n2c(C)ccc2C)cc1. The van der Waals surface area contributed by atoms with E-state index in [1.807, 2.05) is 43.3 Å². The van der Waals surface area contributed by atoms with Gasteiger partial charge in [0.25, 0.3) is 5.91 Å². The average Bonchev–Trinajstić information content (AvgIpc) is 2.93. The summed E-state index contributed by atoms with van der Waals surface area (Å²) in [5.41, 5.74) is 4.16. The van der Waals surface area contributed by atoms with Crippen LogP contribution in [0.3, 0.4) is 0 Å². The molecular formula is C20H29N3O2. The molecule has 25 heavy (non-hydrogen) atoms. The first kappa shape index (κ1) is 19.2. The van der Waals surface area contributed by atoms with Crippen molar-refractivity contribution in [3.8, 4) is 5.69 Å². The smallest absolute Gasteiger partial charge is 0.253 e. The van der Waals surface area contributed by atoms with Crippen molar-refractivity contribution >= 4 is 5.91 Å². The minimum atomic E-state index is 0.0476. The molecule has 2 rings (SSSR count). The molecule has 0 saturated carbocycles. The number of carbonyl (C=O) groups is 1. The van der Waals surface area contributed by atoms with Gasteiger partial charge in [0.1, 0.15) is 0 Å². The Hall–Kier alpha value is -2.11. The Bertz CT molecular complexity index is 670. The van der Waals surface area contributed by atoms with Crippen LogP contribution in [0.4, 0.5) is 0 Å². The quantitative estimate of drug-likeness (QED) is 0.740. The summed E-state index contributed by atoms with van der Waals surface area (Å²) in [5, 5.41) is 0. The Labute approximate surface area is 150 Å². The van der Waals surface area contributed by atoms with E-state index in [4.69, 9.17) is 4.74 Å². The lowest BCUT2D eigenvalue weighted by Gasteiger charge is -2.24. The van der Waals surface area contributed by atoms with Crippen LogP contribution in [0, 0.1) is 13.8 Å². The number of carbonyl (C=O) groups excluding carboxylic acids is 1. The fourth-order valence-electron chi connectivity index (χ4n) is 2.85. The van der Waals surface area contributed by atoms with Crippen molar-refractivity contribution in [2.75, 3.05) is 47.4 Å². The number of hydrogen-bond donors (Lipinski definition) is 0. The molecule has 0 fully saturated rings. The van der Waals surface area contributed by atoms with Crippen molar-refractivity contribution in [2.24, 2.45) is 0 Å². The first-order valence-electron chi connectivity index (χ1n) is 8.62. The van der Waals surface area contributed by atoms with Gasteiger partial charge >= 0.3 is 0 Å². The first-order valence-corrected chi connectivity index (χ1v) is 8.62. The molecule has 1 aromatic carbocycles. The van der Waals surface area contributed by atoms with E-state index >= 15 is 0 Å². The van der Waals surface area contributed by atoms with E-state index in [0.29, 0.717) is 25.3 Å². The van der Waals surface area contributed by atoms with Crippen molar-refractivity contribution in [3.05, 3.63) is 53.3 Å². The zero-order chi connectivity index (χ0) is 18.4. The Morgan fingerprint density at radius 3 is 2.08 bits per heavy atom. The highest BCUT2D eigenvalue weighted by molar-refractivity contribution is 5.94. The number of hydrogen-bond acceptors (Lipinski definition) is 3. The van der Waals surface area contributed by atoms with Gasteiger partial charge in [-0.1, -0.05) is 0 Å². The molecule has 0 spiro atoms. The number of amides is 1. The summed E-state index contributed by atoms with van der Waals surface area (Å²) in [5.74, 6) is 0.0476. The molecule has 5 heteroatoms. The molecule has 0 aliphatic rings. The summed E-state index contributed by atoms with van der Waals surface area (Å²) in [6, 6.07) is 12.0. The van der Waals surface area contributed by atoms with Crippen molar-refractivity contribution in [2.45, 2.75) is 13.8 Å². The van der Waals surface area contributed by atoms with Gasteiger partial charge in [0.15, 0.2) is 0 Å². The topological polar surface area (TPSA) is 37.7 Å². The molecule has 0 atom stereocenters. The van der Waals surface area contributed by atoms with Gasteiger partial charge in [-0.15, -0.1) is 0 Å². The highest BCUT2D eigenvalue weighted by Gasteiger charge is 2.16. The molecule has 136 valence electrons. The van der Waals surface area contributed by atoms with Crippen LogP contribution in [0.1, 0.15) is 21.7 Å². The largest absolute Gasteiger partial charge is 0.383 e. The fourth-order valence-corrected chi connectivity index (χ4v) is 2.85. The lowest BCUT2D eigenvalue weighted by molar-refractivity contribution is 0.0683. The van der Waals surface area contributed by atoms with Crippen LogP contribution >= 0.6 is 0 Å². The van der Waals surface area contributed by atoms with Crippen molar-refractivity contribution in [1.82, 2.24) is 14.4 Å². The average molecular weight is 343 g/mol. The normalized spacial score (nSPS) is 11.1. The summed E-state index contributed by atoms with van der Waals surface area (Å²) in [6.45, 7) is 6.82. The number of ether oxygens (including phenoxy) is 1. The van der Waals surface area contributed by atoms with Crippen molar-refractivity contribution < 1.29 is 9.53 Å². The fraction of sp³-hybridized carbons (Fsp3) is 0.450. The van der Waals surface area contributed by atoms with E-state index in [1.54, 1.807) is 7.11 Å². The second-order valence-electron chi connectivity index (χ2n) is 6.59. The van der Waals surface area contributed by atoms with Gasteiger partial charge in [-0.25, -0.2) is 0 Å². The highest BCUT2D eigenvalue weighted by atomic mass is 16.5. The summed E-state index contributed by atoms with van der Waals surface area (Å²) < 4.78 is 7.33. The van der Waals surface area contributed by atoms with Gasteiger partial charge < -0.3 is 19.1 Å². The van der Waals surface area contributed by atoms with E-state index in [9.17, 15) is 4.79 Å². The Morgan fingerprint density at radius 1 is 0.960 bits per heavy atom. The molecule has 1 aromatic heterocycles. The van der Waals surface area contributed by atoms with E-state index in [1.165, 1.54) is 11.4 Å². The minimum absolute atomic E-state index is 0.0476. The van der Waals surface area contributed by atoms with Crippen LogP contribution in [0.15, 0.2) is 36.4 Å². The van der Waals surface area contributed by atoms with Crippen LogP contribution in [0.5, 0.6) is 0 Å². The van der Waals surface area contributed by atoms with Crippen LogP contribution < -0.4 is 0 Å². The van der Waals surface area contributed by atoms with E-state index in [0.717, 1.165) is 12.2 Å². The molecule has 2 aromatic rings. The van der Waals surface area contributed by atoms with Gasteiger partial charge in [0.05, 0.1) is 6.61 Å². The molecule has 1 heterocycles. The number of methoxy groups -OCH3 is 1. The number of benzene rings is 1. The van der Waals surface area contributed by atoms with Crippen molar-refractivity contribution in [3.63, 3.8) is 0 Å². The Balaban J connectivity index is 2.16. The third-order valence-corrected chi connectivity index (χ3v) is 4.31. The highest BCUT2D eigenvalue weighted by Crippen LogP contribution is 2.17. The molecular weight excluding hydrogens is 314 g/mol. The molecule has 0 aliphatic carbocycles. The molecule has 0 radical (unpaired) electrons. The zero-order valence-electron chi connectivity index (χ0n) is 16.0. The van der Waals surface area contributed by atoms with Crippen LogP contribution in [0.2, 0.25) is 0 Å². The van der Waals surface area contributed by atoms with E-state index in [2.05, 4.69) is 35.4 Å². The maximum atomic E-state index is 12.8.